The molecule has 0 aromatic carbocycles. The van der Waals surface area contributed by atoms with Crippen LogP contribution in [0.4, 0.5) is 0 Å². The van der Waals surface area contributed by atoms with Gasteiger partial charge in [-0.25, -0.2) is 0 Å². The summed E-state index contributed by atoms with van der Waals surface area (Å²) in [5, 5.41) is 18.1. The lowest BCUT2D eigenvalue weighted by Gasteiger charge is -2.27. The first-order valence-electron chi connectivity index (χ1n) is 8.01. The third kappa shape index (κ3) is 4.39. The Kier molecular flexibility index (Phi) is 5.40. The molecule has 124 valence electrons. The van der Waals surface area contributed by atoms with Gasteiger partial charge in [-0.15, -0.1) is 11.3 Å². The molecule has 7 heteroatoms. The van der Waals surface area contributed by atoms with Gasteiger partial charge in [0.15, 0.2) is 0 Å². The first-order valence-corrected chi connectivity index (χ1v) is 8.89. The number of nitrogens with zero attached hydrogens (tertiary/aromatic N) is 2. The van der Waals surface area contributed by atoms with Crippen molar-refractivity contribution in [1.29, 1.82) is 0 Å². The molecule has 0 unspecified atom stereocenters. The Hall–Kier alpha value is -1.73. The van der Waals surface area contributed by atoms with Crippen LogP contribution in [0.15, 0.2) is 22.0 Å². The number of hydrogen-bond donors (Lipinski definition) is 2. The molecular weight excluding hydrogens is 314 g/mol. The van der Waals surface area contributed by atoms with Crippen molar-refractivity contribution in [2.45, 2.75) is 44.6 Å². The van der Waals surface area contributed by atoms with E-state index < -0.39 is 0 Å². The van der Waals surface area contributed by atoms with Crippen molar-refractivity contribution < 1.29 is 14.4 Å². The van der Waals surface area contributed by atoms with Crippen LogP contribution in [-0.2, 0) is 11.2 Å². The van der Waals surface area contributed by atoms with Gasteiger partial charge in [0.25, 0.3) is 0 Å². The Labute approximate surface area is 138 Å². The summed E-state index contributed by atoms with van der Waals surface area (Å²) in [5.41, 5.74) is 0. The van der Waals surface area contributed by atoms with Gasteiger partial charge < -0.3 is 14.9 Å². The SMILES string of the molecule is O=C(CCc1nc(-c2cccs2)no1)NC1CCC(CO)CC1. The largest absolute Gasteiger partial charge is 0.396 e. The van der Waals surface area contributed by atoms with Crippen molar-refractivity contribution in [2.75, 3.05) is 6.61 Å². The zero-order valence-electron chi connectivity index (χ0n) is 12.9. The molecule has 2 N–H and O–H groups in total. The third-order valence-corrected chi connectivity index (χ3v) is 5.11. The van der Waals surface area contributed by atoms with E-state index in [0.29, 0.717) is 30.5 Å². The summed E-state index contributed by atoms with van der Waals surface area (Å²) in [6.45, 7) is 0.254. The number of amides is 1. The Morgan fingerprint density at radius 3 is 2.91 bits per heavy atom. The topological polar surface area (TPSA) is 88.2 Å². The van der Waals surface area contributed by atoms with Crippen molar-refractivity contribution >= 4 is 17.2 Å². The summed E-state index contributed by atoms with van der Waals surface area (Å²) >= 11 is 1.56. The fraction of sp³-hybridized carbons (Fsp3) is 0.562. The summed E-state index contributed by atoms with van der Waals surface area (Å²) in [6.07, 6.45) is 4.66. The number of aromatic nitrogens is 2. The molecule has 3 rings (SSSR count). The number of nitrogens with one attached hydrogen (secondary N) is 1. The molecule has 1 fully saturated rings. The zero-order chi connectivity index (χ0) is 16.1. The maximum absolute atomic E-state index is 12.0. The summed E-state index contributed by atoms with van der Waals surface area (Å²) in [7, 11) is 0. The Bertz CT molecular complexity index is 618. The number of aliphatic hydroxyl groups is 1. The second kappa shape index (κ2) is 7.70. The van der Waals surface area contributed by atoms with E-state index in [1.165, 1.54) is 0 Å². The van der Waals surface area contributed by atoms with E-state index in [2.05, 4.69) is 15.5 Å². The first-order chi connectivity index (χ1) is 11.2. The quantitative estimate of drug-likeness (QED) is 0.846. The molecule has 0 radical (unpaired) electrons. The fourth-order valence-electron chi connectivity index (χ4n) is 2.87. The van der Waals surface area contributed by atoms with Gasteiger partial charge in [-0.05, 0) is 43.0 Å². The number of carbonyl (C=O) groups is 1. The van der Waals surface area contributed by atoms with Crippen LogP contribution in [0.1, 0.15) is 38.0 Å². The van der Waals surface area contributed by atoms with E-state index in [-0.39, 0.29) is 18.6 Å². The highest BCUT2D eigenvalue weighted by molar-refractivity contribution is 7.13. The van der Waals surface area contributed by atoms with E-state index >= 15 is 0 Å². The number of rotatable bonds is 6. The van der Waals surface area contributed by atoms with Crippen molar-refractivity contribution in [3.63, 3.8) is 0 Å². The highest BCUT2D eigenvalue weighted by Gasteiger charge is 2.22. The maximum atomic E-state index is 12.0. The van der Waals surface area contributed by atoms with Crippen molar-refractivity contribution in [2.24, 2.45) is 5.92 Å². The monoisotopic (exact) mass is 335 g/mol. The molecule has 6 nitrogen and oxygen atoms in total. The van der Waals surface area contributed by atoms with Crippen LogP contribution in [0.5, 0.6) is 0 Å². The molecule has 0 atom stereocenters. The van der Waals surface area contributed by atoms with E-state index in [0.717, 1.165) is 30.6 Å². The summed E-state index contributed by atoms with van der Waals surface area (Å²) in [5.74, 6) is 1.50. The molecule has 0 spiro atoms. The lowest BCUT2D eigenvalue weighted by atomic mass is 9.86. The third-order valence-electron chi connectivity index (χ3n) is 4.25. The molecule has 0 bridgehead atoms. The molecule has 1 saturated carbocycles. The fourth-order valence-corrected chi connectivity index (χ4v) is 3.52. The predicted octanol–water partition coefficient (Wildman–Crippen LogP) is 2.40. The molecule has 1 amide bonds. The van der Waals surface area contributed by atoms with Crippen LogP contribution in [0, 0.1) is 5.92 Å². The van der Waals surface area contributed by atoms with Gasteiger partial charge >= 0.3 is 0 Å². The van der Waals surface area contributed by atoms with Gasteiger partial charge in [-0.2, -0.15) is 4.98 Å². The van der Waals surface area contributed by atoms with Crippen LogP contribution in [0.2, 0.25) is 0 Å². The first kappa shape index (κ1) is 16.1. The Morgan fingerprint density at radius 1 is 1.39 bits per heavy atom. The van der Waals surface area contributed by atoms with Crippen LogP contribution < -0.4 is 5.32 Å². The zero-order valence-corrected chi connectivity index (χ0v) is 13.7. The Morgan fingerprint density at radius 2 is 2.22 bits per heavy atom. The number of carbonyl (C=O) groups excluding carboxylic acids is 1. The molecule has 1 aliphatic rings. The van der Waals surface area contributed by atoms with Crippen LogP contribution >= 0.6 is 11.3 Å². The summed E-state index contributed by atoms with van der Waals surface area (Å²) in [6, 6.07) is 4.11. The van der Waals surface area contributed by atoms with Crippen LogP contribution in [0.3, 0.4) is 0 Å². The van der Waals surface area contributed by atoms with Crippen LogP contribution in [-0.4, -0.2) is 33.8 Å². The predicted molar refractivity (Wildman–Crippen MR) is 86.9 cm³/mol. The van der Waals surface area contributed by atoms with Gasteiger partial charge in [-0.1, -0.05) is 11.2 Å². The molecular formula is C16H21N3O3S. The average molecular weight is 335 g/mol. The minimum Gasteiger partial charge on any atom is -0.396 e. The molecule has 0 saturated heterocycles. The van der Waals surface area contributed by atoms with E-state index in [1.54, 1.807) is 11.3 Å². The van der Waals surface area contributed by atoms with E-state index in [1.807, 2.05) is 17.5 Å². The van der Waals surface area contributed by atoms with Crippen molar-refractivity contribution in [1.82, 2.24) is 15.5 Å². The minimum atomic E-state index is 0.0216. The van der Waals surface area contributed by atoms with E-state index in [9.17, 15) is 4.79 Å². The maximum Gasteiger partial charge on any atom is 0.227 e. The lowest BCUT2D eigenvalue weighted by molar-refractivity contribution is -0.122. The van der Waals surface area contributed by atoms with Gasteiger partial charge in [0, 0.05) is 25.5 Å². The number of aliphatic hydroxyl groups excluding tert-OH is 1. The second-order valence-electron chi connectivity index (χ2n) is 5.96. The highest BCUT2D eigenvalue weighted by Crippen LogP contribution is 2.24. The van der Waals surface area contributed by atoms with Crippen molar-refractivity contribution in [3.05, 3.63) is 23.4 Å². The van der Waals surface area contributed by atoms with Gasteiger partial charge in [0.05, 0.1) is 4.88 Å². The smallest absolute Gasteiger partial charge is 0.227 e. The number of aryl methyl sites for hydroxylation is 1. The minimum absolute atomic E-state index is 0.0216. The molecule has 2 heterocycles. The summed E-state index contributed by atoms with van der Waals surface area (Å²) < 4.78 is 5.20. The molecule has 1 aliphatic carbocycles. The molecule has 2 aromatic heterocycles. The standard InChI is InChI=1S/C16H21N3O3S/c20-10-11-3-5-12(6-4-11)17-14(21)7-8-15-18-16(19-22-15)13-2-1-9-23-13/h1-2,9,11-12,20H,3-8,10H2,(H,17,21). The van der Waals surface area contributed by atoms with Gasteiger partial charge in [0.1, 0.15) is 0 Å². The van der Waals surface area contributed by atoms with Crippen molar-refractivity contribution in [3.8, 4) is 10.7 Å². The summed E-state index contributed by atoms with van der Waals surface area (Å²) in [4.78, 5) is 17.3. The lowest BCUT2D eigenvalue weighted by Crippen LogP contribution is -2.38. The molecule has 23 heavy (non-hydrogen) atoms. The average Bonchev–Trinajstić information content (AvgIpc) is 3.25. The normalized spacial score (nSPS) is 21.3. The molecule has 0 aliphatic heterocycles. The number of thiophene rings is 1. The molecule has 2 aromatic rings. The highest BCUT2D eigenvalue weighted by atomic mass is 32.1. The second-order valence-corrected chi connectivity index (χ2v) is 6.90. The van der Waals surface area contributed by atoms with Gasteiger partial charge in [-0.3, -0.25) is 4.79 Å². The Balaban J connectivity index is 1.43. The van der Waals surface area contributed by atoms with E-state index in [4.69, 9.17) is 9.63 Å². The van der Waals surface area contributed by atoms with Gasteiger partial charge in [0.2, 0.25) is 17.6 Å². The van der Waals surface area contributed by atoms with Crippen LogP contribution in [0.25, 0.3) is 10.7 Å². The number of hydrogen-bond acceptors (Lipinski definition) is 6.